The van der Waals surface area contributed by atoms with Crippen LogP contribution in [0.1, 0.15) is 55.8 Å². The zero-order valence-electron chi connectivity index (χ0n) is 20.8. The van der Waals surface area contributed by atoms with E-state index in [2.05, 4.69) is 22.0 Å². The molecule has 2 heterocycles. The Hall–Kier alpha value is -3.06. The zero-order chi connectivity index (χ0) is 25.5. The number of carboxylic acid groups (broad SMARTS) is 1. The summed E-state index contributed by atoms with van der Waals surface area (Å²) in [5.74, 6) is -1.05. The maximum absolute atomic E-state index is 15.6. The van der Waals surface area contributed by atoms with Gasteiger partial charge in [0.05, 0.1) is 25.2 Å². The standard InChI is InChI=1S/C29H34F2N2O3/c1-36-22-9-10-26-23(18-22)28(25(31)20-32-26)24(30)11-12-29(19-27(34)35)13-16-33(17-14-29)15-5-8-21-6-3-2-4-7-21/h2-4,6-7,9-10,18,20,24H,5,8,11-17,19H2,1H3,(H,34,35)/t24-/m1/s1. The van der Waals surface area contributed by atoms with Crippen LogP contribution in [-0.4, -0.2) is 47.7 Å². The highest BCUT2D eigenvalue weighted by atomic mass is 19.1. The number of carboxylic acids is 1. The second kappa shape index (κ2) is 11.8. The molecule has 0 radical (unpaired) electrons. The molecule has 2 aromatic carbocycles. The van der Waals surface area contributed by atoms with Gasteiger partial charge in [0.2, 0.25) is 0 Å². The summed E-state index contributed by atoms with van der Waals surface area (Å²) in [5.41, 5.74) is 1.31. The number of pyridine rings is 1. The lowest BCUT2D eigenvalue weighted by Crippen LogP contribution is -2.41. The molecule has 0 spiro atoms. The highest BCUT2D eigenvalue weighted by molar-refractivity contribution is 5.84. The Morgan fingerprint density at radius 3 is 2.64 bits per heavy atom. The van der Waals surface area contributed by atoms with E-state index in [0.717, 1.165) is 38.7 Å². The first kappa shape index (κ1) is 26.0. The monoisotopic (exact) mass is 496 g/mol. The lowest BCUT2D eigenvalue weighted by Gasteiger charge is -2.41. The van der Waals surface area contributed by atoms with E-state index in [4.69, 9.17) is 4.74 Å². The predicted molar refractivity (Wildman–Crippen MR) is 136 cm³/mol. The van der Waals surface area contributed by atoms with E-state index in [-0.39, 0.29) is 18.4 Å². The van der Waals surface area contributed by atoms with Crippen LogP contribution < -0.4 is 4.74 Å². The first-order valence-corrected chi connectivity index (χ1v) is 12.6. The van der Waals surface area contributed by atoms with Gasteiger partial charge >= 0.3 is 5.97 Å². The number of piperidine rings is 1. The Bertz CT molecular complexity index is 1160. The number of carbonyl (C=O) groups is 1. The van der Waals surface area contributed by atoms with E-state index in [1.165, 1.54) is 12.7 Å². The van der Waals surface area contributed by atoms with Gasteiger partial charge < -0.3 is 14.7 Å². The number of ether oxygens (including phenoxy) is 1. The van der Waals surface area contributed by atoms with Crippen LogP contribution in [0.3, 0.4) is 0 Å². The second-order valence-electron chi connectivity index (χ2n) is 9.91. The number of rotatable bonds is 11. The van der Waals surface area contributed by atoms with Crippen molar-refractivity contribution in [1.29, 1.82) is 0 Å². The number of benzene rings is 2. The van der Waals surface area contributed by atoms with Crippen molar-refractivity contribution < 1.29 is 23.4 Å². The maximum atomic E-state index is 15.6. The van der Waals surface area contributed by atoms with Crippen molar-refractivity contribution in [1.82, 2.24) is 9.88 Å². The smallest absolute Gasteiger partial charge is 0.303 e. The van der Waals surface area contributed by atoms with Crippen molar-refractivity contribution in [2.24, 2.45) is 5.41 Å². The number of methoxy groups -OCH3 is 1. The van der Waals surface area contributed by atoms with Crippen LogP contribution >= 0.6 is 0 Å². The van der Waals surface area contributed by atoms with Crippen LogP contribution in [-0.2, 0) is 11.2 Å². The van der Waals surface area contributed by atoms with Crippen molar-refractivity contribution in [3.63, 3.8) is 0 Å². The number of aromatic nitrogens is 1. The number of halogens is 2. The topological polar surface area (TPSA) is 62.7 Å². The van der Waals surface area contributed by atoms with Crippen LogP contribution in [0.4, 0.5) is 8.78 Å². The van der Waals surface area contributed by atoms with Gasteiger partial charge in [0.15, 0.2) is 0 Å². The minimum atomic E-state index is -1.56. The molecule has 1 aromatic heterocycles. The minimum Gasteiger partial charge on any atom is -0.497 e. The Morgan fingerprint density at radius 1 is 1.19 bits per heavy atom. The SMILES string of the molecule is COc1ccc2ncc(F)c([C@H](F)CCC3(CC(=O)O)CCN(CCCc4ccccc4)CC3)c2c1. The van der Waals surface area contributed by atoms with Crippen LogP contribution in [0.25, 0.3) is 10.9 Å². The summed E-state index contributed by atoms with van der Waals surface area (Å²) in [5, 5.41) is 9.99. The molecule has 0 amide bonds. The molecule has 5 nitrogen and oxygen atoms in total. The summed E-state index contributed by atoms with van der Waals surface area (Å²) < 4.78 is 35.5. The van der Waals surface area contributed by atoms with E-state index in [9.17, 15) is 14.3 Å². The molecular formula is C29H34F2N2O3. The number of hydrogen-bond acceptors (Lipinski definition) is 4. The molecular weight excluding hydrogens is 462 g/mol. The number of hydrogen-bond donors (Lipinski definition) is 1. The van der Waals surface area contributed by atoms with E-state index in [0.29, 0.717) is 35.9 Å². The Labute approximate surface area is 211 Å². The summed E-state index contributed by atoms with van der Waals surface area (Å²) in [7, 11) is 1.50. The zero-order valence-corrected chi connectivity index (χ0v) is 20.8. The summed E-state index contributed by atoms with van der Waals surface area (Å²) in [6.45, 7) is 2.55. The molecule has 0 aliphatic carbocycles. The van der Waals surface area contributed by atoms with Crippen molar-refractivity contribution in [2.75, 3.05) is 26.7 Å². The summed E-state index contributed by atoms with van der Waals surface area (Å²) in [6.07, 6.45) is 3.41. The average Bonchev–Trinajstić information content (AvgIpc) is 2.88. The molecule has 7 heteroatoms. The summed E-state index contributed by atoms with van der Waals surface area (Å²) >= 11 is 0. The van der Waals surface area contributed by atoms with Gasteiger partial charge in [0.1, 0.15) is 17.7 Å². The predicted octanol–water partition coefficient (Wildman–Crippen LogP) is 6.36. The van der Waals surface area contributed by atoms with Crippen LogP contribution in [0, 0.1) is 11.2 Å². The number of likely N-dealkylation sites (tertiary alicyclic amines) is 1. The van der Waals surface area contributed by atoms with E-state index in [1.54, 1.807) is 18.2 Å². The molecule has 0 unspecified atom stereocenters. The number of nitrogens with zero attached hydrogens (tertiary/aromatic N) is 2. The fourth-order valence-corrected chi connectivity index (χ4v) is 5.43. The third-order valence-corrected chi connectivity index (χ3v) is 7.54. The molecule has 192 valence electrons. The third kappa shape index (κ3) is 6.38. The molecule has 1 aliphatic rings. The highest BCUT2D eigenvalue weighted by Crippen LogP contribution is 2.43. The molecule has 1 aliphatic heterocycles. The molecule has 4 rings (SSSR count). The molecule has 1 fully saturated rings. The fraction of sp³-hybridized carbons (Fsp3) is 0.448. The van der Waals surface area contributed by atoms with Crippen molar-refractivity contribution in [3.8, 4) is 5.75 Å². The van der Waals surface area contributed by atoms with Crippen molar-refractivity contribution in [3.05, 3.63) is 71.7 Å². The van der Waals surface area contributed by atoms with Crippen molar-refractivity contribution in [2.45, 2.75) is 51.1 Å². The quantitative estimate of drug-likeness (QED) is 0.335. The number of aryl methyl sites for hydroxylation is 1. The van der Waals surface area contributed by atoms with E-state index >= 15 is 4.39 Å². The number of fused-ring (bicyclic) bond motifs is 1. The van der Waals surface area contributed by atoms with Gasteiger partial charge in [-0.05, 0) is 87.3 Å². The van der Waals surface area contributed by atoms with Gasteiger partial charge in [-0.25, -0.2) is 8.78 Å². The molecule has 0 bridgehead atoms. The molecule has 1 saturated heterocycles. The lowest BCUT2D eigenvalue weighted by molar-refractivity contribution is -0.141. The molecule has 0 saturated carbocycles. The fourth-order valence-electron chi connectivity index (χ4n) is 5.43. The Kier molecular flexibility index (Phi) is 8.52. The first-order valence-electron chi connectivity index (χ1n) is 12.6. The maximum Gasteiger partial charge on any atom is 0.303 e. The Morgan fingerprint density at radius 2 is 1.94 bits per heavy atom. The normalized spacial score (nSPS) is 16.6. The largest absolute Gasteiger partial charge is 0.497 e. The van der Waals surface area contributed by atoms with E-state index < -0.39 is 23.4 Å². The van der Waals surface area contributed by atoms with Gasteiger partial charge in [-0.3, -0.25) is 9.78 Å². The lowest BCUT2D eigenvalue weighted by atomic mass is 9.71. The average molecular weight is 497 g/mol. The molecule has 1 N–H and O–H groups in total. The van der Waals surface area contributed by atoms with Crippen LogP contribution in [0.5, 0.6) is 5.75 Å². The van der Waals surface area contributed by atoms with Gasteiger partial charge in [0, 0.05) is 10.9 Å². The van der Waals surface area contributed by atoms with Crippen LogP contribution in [0.15, 0.2) is 54.7 Å². The first-order chi connectivity index (χ1) is 17.4. The second-order valence-corrected chi connectivity index (χ2v) is 9.91. The Balaban J connectivity index is 1.39. The third-order valence-electron chi connectivity index (χ3n) is 7.54. The number of alkyl halides is 1. The van der Waals surface area contributed by atoms with Gasteiger partial charge in [-0.2, -0.15) is 0 Å². The molecule has 3 aromatic rings. The van der Waals surface area contributed by atoms with Gasteiger partial charge in [-0.1, -0.05) is 30.3 Å². The summed E-state index contributed by atoms with van der Waals surface area (Å²) in [4.78, 5) is 18.2. The minimum absolute atomic E-state index is 0.00493. The summed E-state index contributed by atoms with van der Waals surface area (Å²) in [6, 6.07) is 15.4. The highest BCUT2D eigenvalue weighted by Gasteiger charge is 2.37. The van der Waals surface area contributed by atoms with Gasteiger partial charge in [-0.15, -0.1) is 0 Å². The van der Waals surface area contributed by atoms with Gasteiger partial charge in [0.25, 0.3) is 0 Å². The molecule has 36 heavy (non-hydrogen) atoms. The van der Waals surface area contributed by atoms with E-state index in [1.807, 2.05) is 18.2 Å². The van der Waals surface area contributed by atoms with Crippen molar-refractivity contribution >= 4 is 16.9 Å². The van der Waals surface area contributed by atoms with Crippen LogP contribution in [0.2, 0.25) is 0 Å². The molecule has 1 atom stereocenters. The number of aliphatic carboxylic acids is 1.